The van der Waals surface area contributed by atoms with E-state index in [-0.39, 0.29) is 27.3 Å². The molecule has 0 aliphatic rings. The molecular formula is C16H12BrNO7S2. The molecular weight excluding hydrogens is 462 g/mol. The van der Waals surface area contributed by atoms with Crippen LogP contribution in [0.3, 0.4) is 0 Å². The maximum atomic E-state index is 12.5. The molecule has 142 valence electrons. The molecule has 0 fully saturated rings. The van der Waals surface area contributed by atoms with Gasteiger partial charge in [0.1, 0.15) is 5.69 Å². The summed E-state index contributed by atoms with van der Waals surface area (Å²) in [5.41, 5.74) is -1.43. The quantitative estimate of drug-likeness (QED) is 0.446. The highest BCUT2D eigenvalue weighted by molar-refractivity contribution is 9.10. The van der Waals surface area contributed by atoms with E-state index in [2.05, 4.69) is 20.7 Å². The van der Waals surface area contributed by atoms with Crippen molar-refractivity contribution < 1.29 is 25.4 Å². The van der Waals surface area contributed by atoms with Gasteiger partial charge in [0.2, 0.25) is 0 Å². The Morgan fingerprint density at radius 3 is 2.41 bits per heavy atom. The molecule has 2 aromatic carbocycles. The van der Waals surface area contributed by atoms with Crippen LogP contribution >= 0.6 is 15.9 Å². The lowest BCUT2D eigenvalue weighted by molar-refractivity contribution is 0.481. The van der Waals surface area contributed by atoms with E-state index in [0.29, 0.717) is 4.47 Å². The molecule has 0 saturated carbocycles. The first-order chi connectivity index (χ1) is 12.5. The van der Waals surface area contributed by atoms with Crippen molar-refractivity contribution in [1.29, 1.82) is 0 Å². The summed E-state index contributed by atoms with van der Waals surface area (Å²) in [5, 5.41) is 0.280. The molecule has 0 bridgehead atoms. The van der Waals surface area contributed by atoms with Gasteiger partial charge in [0, 0.05) is 9.86 Å². The number of sulfonamides is 1. The molecule has 0 saturated heterocycles. The van der Waals surface area contributed by atoms with Crippen LogP contribution in [0.5, 0.6) is 5.75 Å². The van der Waals surface area contributed by atoms with Crippen LogP contribution in [0, 0.1) is 0 Å². The summed E-state index contributed by atoms with van der Waals surface area (Å²) >= 11 is 3.18. The Balaban J connectivity index is 2.06. The SMILES string of the molecule is CS(=O)(=O)Oc1cccc2cc(NS(=O)(=O)c3cccc(Br)c3)c(=O)oc12. The van der Waals surface area contributed by atoms with Gasteiger partial charge in [-0.3, -0.25) is 4.72 Å². The van der Waals surface area contributed by atoms with Gasteiger partial charge in [-0.15, -0.1) is 0 Å². The summed E-state index contributed by atoms with van der Waals surface area (Å²) in [6, 6.07) is 11.5. The summed E-state index contributed by atoms with van der Waals surface area (Å²) in [6.07, 6.45) is 0.852. The van der Waals surface area contributed by atoms with E-state index in [1.807, 2.05) is 0 Å². The zero-order chi connectivity index (χ0) is 19.8. The summed E-state index contributed by atoms with van der Waals surface area (Å²) in [7, 11) is -7.87. The van der Waals surface area contributed by atoms with Crippen molar-refractivity contribution in [2.45, 2.75) is 4.90 Å². The molecule has 1 heterocycles. The lowest BCUT2D eigenvalue weighted by Gasteiger charge is -2.09. The predicted molar refractivity (Wildman–Crippen MR) is 103 cm³/mol. The van der Waals surface area contributed by atoms with Crippen LogP contribution in [-0.4, -0.2) is 23.1 Å². The van der Waals surface area contributed by atoms with Gasteiger partial charge in [-0.25, -0.2) is 13.2 Å². The fraction of sp³-hybridized carbons (Fsp3) is 0.0625. The number of benzene rings is 2. The molecule has 0 aliphatic heterocycles. The summed E-state index contributed by atoms with van der Waals surface area (Å²) < 4.78 is 60.2. The maximum Gasteiger partial charge on any atom is 0.360 e. The Labute approximate surface area is 163 Å². The molecule has 3 rings (SSSR count). The molecule has 0 spiro atoms. The van der Waals surface area contributed by atoms with Crippen molar-refractivity contribution in [2.75, 3.05) is 11.0 Å². The topological polar surface area (TPSA) is 120 Å². The number of fused-ring (bicyclic) bond motifs is 1. The van der Waals surface area contributed by atoms with E-state index in [4.69, 9.17) is 8.60 Å². The molecule has 0 radical (unpaired) electrons. The highest BCUT2D eigenvalue weighted by Gasteiger charge is 2.19. The van der Waals surface area contributed by atoms with Crippen LogP contribution in [0.4, 0.5) is 5.69 Å². The van der Waals surface area contributed by atoms with Gasteiger partial charge in [0.25, 0.3) is 10.0 Å². The van der Waals surface area contributed by atoms with Crippen LogP contribution in [0.15, 0.2) is 67.1 Å². The lowest BCUT2D eigenvalue weighted by atomic mass is 10.2. The molecule has 0 amide bonds. The number of hydrogen-bond donors (Lipinski definition) is 1. The average molecular weight is 474 g/mol. The number of hydrogen-bond acceptors (Lipinski definition) is 7. The molecule has 1 N–H and O–H groups in total. The number of para-hydroxylation sites is 1. The Bertz CT molecular complexity index is 1300. The molecule has 8 nitrogen and oxygen atoms in total. The van der Waals surface area contributed by atoms with Crippen molar-refractivity contribution in [2.24, 2.45) is 0 Å². The van der Waals surface area contributed by atoms with Crippen molar-refractivity contribution in [3.63, 3.8) is 0 Å². The number of halogens is 1. The third-order valence-electron chi connectivity index (χ3n) is 3.32. The van der Waals surface area contributed by atoms with Crippen LogP contribution in [0.25, 0.3) is 11.0 Å². The summed E-state index contributed by atoms with van der Waals surface area (Å²) in [6.45, 7) is 0. The molecule has 3 aromatic rings. The van der Waals surface area contributed by atoms with Gasteiger partial charge >= 0.3 is 15.7 Å². The van der Waals surface area contributed by atoms with Gasteiger partial charge in [-0.1, -0.05) is 34.1 Å². The fourth-order valence-electron chi connectivity index (χ4n) is 2.26. The highest BCUT2D eigenvalue weighted by atomic mass is 79.9. The summed E-state index contributed by atoms with van der Waals surface area (Å²) in [4.78, 5) is 12.2. The van der Waals surface area contributed by atoms with Gasteiger partial charge < -0.3 is 8.60 Å². The maximum absolute atomic E-state index is 12.5. The zero-order valence-electron chi connectivity index (χ0n) is 13.7. The first kappa shape index (κ1) is 19.4. The number of nitrogens with one attached hydrogen (secondary N) is 1. The first-order valence-electron chi connectivity index (χ1n) is 7.30. The van der Waals surface area contributed by atoms with E-state index in [1.165, 1.54) is 42.5 Å². The standard InChI is InChI=1S/C16H12BrNO7S2/c1-26(20,21)25-14-7-2-4-10-8-13(16(19)24-15(10)14)18-27(22,23)12-6-3-5-11(17)9-12/h2-9,18H,1H3. The van der Waals surface area contributed by atoms with Crippen LogP contribution in [-0.2, 0) is 20.1 Å². The van der Waals surface area contributed by atoms with Crippen molar-refractivity contribution >= 4 is 52.7 Å². The highest BCUT2D eigenvalue weighted by Crippen LogP contribution is 2.27. The van der Waals surface area contributed by atoms with Crippen molar-refractivity contribution in [3.8, 4) is 5.75 Å². The van der Waals surface area contributed by atoms with E-state index >= 15 is 0 Å². The van der Waals surface area contributed by atoms with E-state index < -0.39 is 25.8 Å². The second-order valence-electron chi connectivity index (χ2n) is 5.47. The van der Waals surface area contributed by atoms with E-state index in [0.717, 1.165) is 6.26 Å². The summed E-state index contributed by atoms with van der Waals surface area (Å²) in [5.74, 6) is -0.173. The minimum absolute atomic E-state index is 0.0504. The number of rotatable bonds is 5. The third kappa shape index (κ3) is 4.49. The molecule has 1 aromatic heterocycles. The zero-order valence-corrected chi connectivity index (χ0v) is 16.9. The molecule has 0 aliphatic carbocycles. The van der Waals surface area contributed by atoms with Gasteiger partial charge in [0.15, 0.2) is 11.3 Å². The monoisotopic (exact) mass is 473 g/mol. The molecule has 27 heavy (non-hydrogen) atoms. The second kappa shape index (κ2) is 6.98. The lowest BCUT2D eigenvalue weighted by Crippen LogP contribution is -2.18. The van der Waals surface area contributed by atoms with Crippen molar-refractivity contribution in [3.05, 3.63) is 63.4 Å². The predicted octanol–water partition coefficient (Wildman–Crippen LogP) is 2.69. The smallest absolute Gasteiger partial charge is 0.360 e. The second-order valence-corrected chi connectivity index (χ2v) is 9.65. The largest absolute Gasteiger partial charge is 0.417 e. The molecule has 11 heteroatoms. The Morgan fingerprint density at radius 1 is 1.04 bits per heavy atom. The van der Waals surface area contributed by atoms with Gasteiger partial charge in [0.05, 0.1) is 11.2 Å². The average Bonchev–Trinajstić information content (AvgIpc) is 2.55. The Kier molecular flexibility index (Phi) is 5.02. The van der Waals surface area contributed by atoms with Crippen LogP contribution in [0.1, 0.15) is 0 Å². The van der Waals surface area contributed by atoms with Crippen LogP contribution < -0.4 is 14.5 Å². The molecule has 0 atom stereocenters. The Morgan fingerprint density at radius 2 is 1.74 bits per heavy atom. The third-order valence-corrected chi connectivity index (χ3v) is 5.65. The van der Waals surface area contributed by atoms with Gasteiger partial charge in [-0.2, -0.15) is 8.42 Å². The minimum Gasteiger partial charge on any atom is -0.417 e. The van der Waals surface area contributed by atoms with Crippen molar-refractivity contribution in [1.82, 2.24) is 0 Å². The van der Waals surface area contributed by atoms with Gasteiger partial charge in [-0.05, 0) is 30.3 Å². The first-order valence-corrected chi connectivity index (χ1v) is 11.4. The van der Waals surface area contributed by atoms with E-state index in [9.17, 15) is 21.6 Å². The van der Waals surface area contributed by atoms with E-state index in [1.54, 1.807) is 6.07 Å². The normalized spacial score (nSPS) is 12.1. The van der Waals surface area contributed by atoms with Crippen LogP contribution in [0.2, 0.25) is 0 Å². The minimum atomic E-state index is -4.03. The Hall–Kier alpha value is -2.37. The number of anilines is 1. The fourth-order valence-corrected chi connectivity index (χ4v) is 4.35. The molecule has 0 unspecified atom stereocenters.